The number of rotatable bonds is 5. The van der Waals surface area contributed by atoms with Crippen molar-refractivity contribution in [1.29, 1.82) is 0 Å². The average Bonchev–Trinajstić information content (AvgIpc) is 2.61. The van der Waals surface area contributed by atoms with Crippen molar-refractivity contribution in [1.82, 2.24) is 10.2 Å². The number of likely N-dealkylation sites (N-methyl/N-ethyl adjacent to an activating group) is 1. The van der Waals surface area contributed by atoms with Crippen molar-refractivity contribution in [3.63, 3.8) is 0 Å². The van der Waals surface area contributed by atoms with E-state index in [2.05, 4.69) is 29.4 Å². The van der Waals surface area contributed by atoms with Crippen LogP contribution in [0.2, 0.25) is 5.02 Å². The number of carboxylic acids is 1. The Morgan fingerprint density at radius 3 is 2.56 bits per heavy atom. The Bertz CT molecular complexity index is 573. The fourth-order valence-electron chi connectivity index (χ4n) is 3.86. The van der Waals surface area contributed by atoms with Crippen molar-refractivity contribution in [2.24, 2.45) is 5.92 Å². The number of hydrogen-bond acceptors (Lipinski definition) is 4. The molecule has 1 aromatic rings. The molecule has 138 valence electrons. The van der Waals surface area contributed by atoms with E-state index in [0.717, 1.165) is 50.4 Å². The Kier molecular flexibility index (Phi) is 6.34. The summed E-state index contributed by atoms with van der Waals surface area (Å²) >= 11 is 6.05. The molecule has 0 spiro atoms. The molecule has 2 aliphatic rings. The molecule has 1 aromatic carbocycles. The van der Waals surface area contributed by atoms with Crippen molar-refractivity contribution in [3.8, 4) is 0 Å². The number of benzene rings is 1. The van der Waals surface area contributed by atoms with Gasteiger partial charge in [-0.2, -0.15) is 0 Å². The molecule has 2 fully saturated rings. The number of nitrogens with zero attached hydrogens (tertiary/aromatic N) is 1. The van der Waals surface area contributed by atoms with Crippen LogP contribution in [0.25, 0.3) is 0 Å². The predicted molar refractivity (Wildman–Crippen MR) is 97.9 cm³/mol. The van der Waals surface area contributed by atoms with E-state index in [9.17, 15) is 9.90 Å². The molecule has 1 aliphatic heterocycles. The van der Waals surface area contributed by atoms with E-state index in [1.807, 2.05) is 12.1 Å². The lowest BCUT2D eigenvalue weighted by Crippen LogP contribution is -2.49. The van der Waals surface area contributed by atoms with Gasteiger partial charge in [-0.1, -0.05) is 23.7 Å². The Hall–Kier alpha value is -1.14. The number of ether oxygens (including phenoxy) is 1. The molecule has 1 aliphatic carbocycles. The summed E-state index contributed by atoms with van der Waals surface area (Å²) in [6.45, 7) is 2.57. The highest BCUT2D eigenvalue weighted by molar-refractivity contribution is 6.30. The lowest BCUT2D eigenvalue weighted by Gasteiger charge is -2.39. The standard InChI is InChI=1S/C19H27ClN2O3/c1-22-10-11-25-17(12-22)18(13-2-6-15(20)7-3-13)21-16-8-4-14(5-9-16)19(23)24/h2-3,6-7,14,16-18,21H,4-5,8-12H2,1H3,(H,23,24). The fraction of sp³-hybridized carbons (Fsp3) is 0.632. The van der Waals surface area contributed by atoms with Crippen LogP contribution in [0.4, 0.5) is 0 Å². The Morgan fingerprint density at radius 1 is 1.28 bits per heavy atom. The van der Waals surface area contributed by atoms with Gasteiger partial charge in [-0.05, 0) is 50.4 Å². The molecular formula is C19H27ClN2O3. The second-order valence-corrected chi connectivity index (χ2v) is 7.69. The van der Waals surface area contributed by atoms with Crippen LogP contribution in [0.1, 0.15) is 37.3 Å². The minimum absolute atomic E-state index is 0.0807. The summed E-state index contributed by atoms with van der Waals surface area (Å²) in [6.07, 6.45) is 3.35. The van der Waals surface area contributed by atoms with E-state index in [-0.39, 0.29) is 18.1 Å². The topological polar surface area (TPSA) is 61.8 Å². The molecule has 2 N–H and O–H groups in total. The molecule has 0 aromatic heterocycles. The molecule has 1 saturated carbocycles. The van der Waals surface area contributed by atoms with Gasteiger partial charge >= 0.3 is 5.97 Å². The SMILES string of the molecule is CN1CCOC(C(NC2CCC(C(=O)O)CC2)c2ccc(Cl)cc2)C1. The van der Waals surface area contributed by atoms with Crippen molar-refractivity contribution >= 4 is 17.6 Å². The van der Waals surface area contributed by atoms with Crippen molar-refractivity contribution in [2.45, 2.75) is 43.9 Å². The minimum Gasteiger partial charge on any atom is -0.481 e. The van der Waals surface area contributed by atoms with Crippen molar-refractivity contribution in [3.05, 3.63) is 34.9 Å². The summed E-state index contributed by atoms with van der Waals surface area (Å²) in [4.78, 5) is 13.5. The zero-order chi connectivity index (χ0) is 17.8. The number of nitrogens with one attached hydrogen (secondary N) is 1. The molecule has 0 amide bonds. The summed E-state index contributed by atoms with van der Waals surface area (Å²) in [5.41, 5.74) is 1.17. The number of hydrogen-bond donors (Lipinski definition) is 2. The maximum absolute atomic E-state index is 11.2. The van der Waals surface area contributed by atoms with E-state index in [0.29, 0.717) is 6.04 Å². The summed E-state index contributed by atoms with van der Waals surface area (Å²) in [6, 6.07) is 8.36. The zero-order valence-corrected chi connectivity index (χ0v) is 15.4. The van der Waals surface area contributed by atoms with E-state index in [1.54, 1.807) is 0 Å². The first-order valence-electron chi connectivity index (χ1n) is 9.07. The third-order valence-electron chi connectivity index (χ3n) is 5.39. The van der Waals surface area contributed by atoms with Gasteiger partial charge in [0.25, 0.3) is 0 Å². The normalized spacial score (nSPS) is 29.3. The van der Waals surface area contributed by atoms with E-state index in [1.165, 1.54) is 5.56 Å². The fourth-order valence-corrected chi connectivity index (χ4v) is 3.99. The van der Waals surface area contributed by atoms with E-state index >= 15 is 0 Å². The molecule has 0 bridgehead atoms. The largest absolute Gasteiger partial charge is 0.481 e. The van der Waals surface area contributed by atoms with Crippen LogP contribution >= 0.6 is 11.6 Å². The van der Waals surface area contributed by atoms with Gasteiger partial charge in [0, 0.05) is 24.2 Å². The van der Waals surface area contributed by atoms with E-state index in [4.69, 9.17) is 16.3 Å². The monoisotopic (exact) mass is 366 g/mol. The molecule has 0 radical (unpaired) electrons. The van der Waals surface area contributed by atoms with Crippen LogP contribution in [-0.2, 0) is 9.53 Å². The summed E-state index contributed by atoms with van der Waals surface area (Å²) in [5.74, 6) is -0.853. The van der Waals surface area contributed by atoms with Gasteiger partial charge in [-0.3, -0.25) is 4.79 Å². The van der Waals surface area contributed by atoms with Crippen LogP contribution < -0.4 is 5.32 Å². The molecule has 3 rings (SSSR count). The maximum Gasteiger partial charge on any atom is 0.306 e. The highest BCUT2D eigenvalue weighted by atomic mass is 35.5. The number of morpholine rings is 1. The quantitative estimate of drug-likeness (QED) is 0.839. The van der Waals surface area contributed by atoms with Gasteiger partial charge in [-0.15, -0.1) is 0 Å². The second-order valence-electron chi connectivity index (χ2n) is 7.25. The first-order chi connectivity index (χ1) is 12.0. The van der Waals surface area contributed by atoms with Gasteiger partial charge in [0.05, 0.1) is 24.7 Å². The van der Waals surface area contributed by atoms with Gasteiger partial charge in [0.2, 0.25) is 0 Å². The Balaban J connectivity index is 1.70. The Morgan fingerprint density at radius 2 is 1.96 bits per heavy atom. The smallest absolute Gasteiger partial charge is 0.306 e. The summed E-state index contributed by atoms with van der Waals surface area (Å²) in [7, 11) is 2.12. The summed E-state index contributed by atoms with van der Waals surface area (Å²) < 4.78 is 6.06. The summed E-state index contributed by atoms with van der Waals surface area (Å²) in [5, 5.41) is 13.7. The number of carboxylic acid groups (broad SMARTS) is 1. The van der Waals surface area contributed by atoms with Crippen LogP contribution in [-0.4, -0.2) is 54.9 Å². The number of carbonyl (C=O) groups is 1. The highest BCUT2D eigenvalue weighted by Crippen LogP contribution is 2.29. The van der Waals surface area contributed by atoms with Crippen LogP contribution in [0.5, 0.6) is 0 Å². The molecule has 25 heavy (non-hydrogen) atoms. The minimum atomic E-state index is -0.662. The van der Waals surface area contributed by atoms with Gasteiger partial charge in [0.15, 0.2) is 0 Å². The molecule has 2 atom stereocenters. The van der Waals surface area contributed by atoms with Crippen molar-refractivity contribution in [2.75, 3.05) is 26.7 Å². The molecule has 2 unspecified atom stereocenters. The van der Waals surface area contributed by atoms with Crippen molar-refractivity contribution < 1.29 is 14.6 Å². The third kappa shape index (κ3) is 4.94. The number of aliphatic carboxylic acids is 1. The molecule has 5 nitrogen and oxygen atoms in total. The first kappa shape index (κ1) is 18.6. The van der Waals surface area contributed by atoms with Crippen LogP contribution in [0.15, 0.2) is 24.3 Å². The molecule has 1 heterocycles. The van der Waals surface area contributed by atoms with Crippen LogP contribution in [0, 0.1) is 5.92 Å². The van der Waals surface area contributed by atoms with Crippen LogP contribution in [0.3, 0.4) is 0 Å². The average molecular weight is 367 g/mol. The predicted octanol–water partition coefficient (Wildman–Crippen LogP) is 2.94. The lowest BCUT2D eigenvalue weighted by molar-refractivity contribution is -0.143. The van der Waals surface area contributed by atoms with Gasteiger partial charge < -0.3 is 20.1 Å². The van der Waals surface area contributed by atoms with E-state index < -0.39 is 5.97 Å². The highest BCUT2D eigenvalue weighted by Gasteiger charge is 2.32. The Labute approximate surface area is 154 Å². The van der Waals surface area contributed by atoms with Gasteiger partial charge in [0.1, 0.15) is 0 Å². The second kappa shape index (κ2) is 8.49. The molecule has 1 saturated heterocycles. The molecular weight excluding hydrogens is 340 g/mol. The van der Waals surface area contributed by atoms with Gasteiger partial charge in [-0.25, -0.2) is 0 Å². The number of halogens is 1. The lowest BCUT2D eigenvalue weighted by atomic mass is 9.85. The molecule has 6 heteroatoms. The zero-order valence-electron chi connectivity index (χ0n) is 14.7. The first-order valence-corrected chi connectivity index (χ1v) is 9.45. The third-order valence-corrected chi connectivity index (χ3v) is 5.64. The maximum atomic E-state index is 11.2.